The molecule has 2 aromatic heterocycles. The van der Waals surface area contributed by atoms with E-state index in [0.717, 1.165) is 22.3 Å². The Balaban J connectivity index is 0.000000191. The highest BCUT2D eigenvalue weighted by Gasteiger charge is 2.17. The largest absolute Gasteiger partial charge is 0.502 e. The van der Waals surface area contributed by atoms with Crippen LogP contribution in [0.2, 0.25) is 10.0 Å². The second-order valence-corrected chi connectivity index (χ2v) is 11.3. The number of aromatic nitrogens is 4. The van der Waals surface area contributed by atoms with Crippen LogP contribution in [-0.4, -0.2) is 36.0 Å². The minimum atomic E-state index is -0.182. The number of hydrogen-bond acceptors (Lipinski definition) is 9. The quantitative estimate of drug-likeness (QED) is 0.0726. The summed E-state index contributed by atoms with van der Waals surface area (Å²) >= 11 is 12.2. The molecule has 2 heterocycles. The van der Waals surface area contributed by atoms with Crippen LogP contribution in [0.15, 0.2) is 97.6 Å². The average Bonchev–Trinajstić information content (AvgIpc) is 3.09. The summed E-state index contributed by atoms with van der Waals surface area (Å²) in [5.41, 5.74) is 10.7. The third-order valence-corrected chi connectivity index (χ3v) is 7.52. The molecular weight excluding hydrogens is 665 g/mol. The smallest absolute Gasteiger partial charge is 0.266 e. The van der Waals surface area contributed by atoms with E-state index in [0.29, 0.717) is 28.4 Å². The van der Waals surface area contributed by atoms with Crippen molar-refractivity contribution in [3.63, 3.8) is 0 Å². The van der Waals surface area contributed by atoms with Crippen molar-refractivity contribution >= 4 is 34.7 Å². The van der Waals surface area contributed by atoms with Crippen molar-refractivity contribution in [1.29, 1.82) is 5.41 Å². The predicted octanol–water partition coefficient (Wildman–Crippen LogP) is 9.04. The number of nitrogen functional groups attached to an aromatic ring is 1. The molecule has 11 nitrogen and oxygen atoms in total. The number of ether oxygens (including phenoxy) is 2. The fourth-order valence-electron chi connectivity index (χ4n) is 4.32. The van der Waals surface area contributed by atoms with Crippen LogP contribution in [0.4, 0.5) is 5.69 Å². The van der Waals surface area contributed by atoms with Gasteiger partial charge in [-0.25, -0.2) is 14.8 Å². The maximum absolute atomic E-state index is 10.5. The predicted molar refractivity (Wildman–Crippen MR) is 188 cm³/mol. The summed E-state index contributed by atoms with van der Waals surface area (Å²) in [6.45, 7) is 10.9. The fourth-order valence-corrected chi connectivity index (χ4v) is 4.75. The summed E-state index contributed by atoms with van der Waals surface area (Å²) in [5.74, 6) is 0.120. The first kappa shape index (κ1) is 34.1. The van der Waals surface area contributed by atoms with Gasteiger partial charge in [-0.05, 0) is 44.2 Å². The van der Waals surface area contributed by atoms with Crippen LogP contribution >= 0.6 is 23.2 Å². The summed E-state index contributed by atoms with van der Waals surface area (Å²) in [6, 6.07) is 24.4. The van der Waals surface area contributed by atoms with Crippen LogP contribution in [0.3, 0.4) is 0 Å². The maximum Gasteiger partial charge on any atom is 0.266 e. The second-order valence-electron chi connectivity index (χ2n) is 10.5. The van der Waals surface area contributed by atoms with E-state index in [1.807, 2.05) is 62.4 Å². The zero-order valence-electron chi connectivity index (χ0n) is 26.0. The Hall–Kier alpha value is -6.22. The Bertz CT molecular complexity index is 2190. The highest BCUT2D eigenvalue weighted by Crippen LogP contribution is 2.40. The first-order chi connectivity index (χ1) is 23.5. The number of nitrogens with zero attached hydrogens (tertiary/aromatic N) is 5. The molecule has 0 bridgehead atoms. The molecule has 0 aliphatic carbocycles. The molecule has 0 fully saturated rings. The van der Waals surface area contributed by atoms with Gasteiger partial charge in [0.25, 0.3) is 11.8 Å². The average molecular weight is 693 g/mol. The maximum atomic E-state index is 10.5. The highest BCUT2D eigenvalue weighted by molar-refractivity contribution is 6.32. The van der Waals surface area contributed by atoms with Crippen molar-refractivity contribution in [2.24, 2.45) is 5.73 Å². The van der Waals surface area contributed by atoms with Crippen molar-refractivity contribution in [2.75, 3.05) is 0 Å². The van der Waals surface area contributed by atoms with Crippen molar-refractivity contribution in [3.05, 3.63) is 136 Å². The standard InChI is InChI=1S/C18H15ClN4O2.C18H12ClN3O2/c1-10-2-4-11(5-3-10)15-16(24)18(23-9-22-15)25-14-7-6-12(17(20)21)8-13(14)19;1-11-3-5-12(6-4-11)16-17(23)18(22-10-21-16)24-15-8-7-13(20-2)9-14(15)19/h2-9,24H,1H3,(H3,20,21);3-10,23H,1H3. The molecule has 0 aliphatic heterocycles. The summed E-state index contributed by atoms with van der Waals surface area (Å²) in [5, 5.41) is 28.8. The van der Waals surface area contributed by atoms with Gasteiger partial charge in [-0.2, -0.15) is 9.97 Å². The first-order valence-corrected chi connectivity index (χ1v) is 15.2. The van der Waals surface area contributed by atoms with Gasteiger partial charge in [-0.3, -0.25) is 5.41 Å². The Morgan fingerprint density at radius 3 is 1.55 bits per heavy atom. The summed E-state index contributed by atoms with van der Waals surface area (Å²) < 4.78 is 11.2. The molecule has 6 aromatic rings. The number of halogens is 2. The van der Waals surface area contributed by atoms with Gasteiger partial charge in [0.1, 0.15) is 41.4 Å². The van der Waals surface area contributed by atoms with Crippen LogP contribution in [0.1, 0.15) is 16.7 Å². The molecule has 49 heavy (non-hydrogen) atoms. The molecule has 0 saturated carbocycles. The number of rotatable bonds is 7. The zero-order chi connectivity index (χ0) is 35.1. The van der Waals surface area contributed by atoms with E-state index in [9.17, 15) is 10.2 Å². The van der Waals surface area contributed by atoms with Gasteiger partial charge < -0.3 is 25.4 Å². The molecule has 0 spiro atoms. The molecule has 244 valence electrons. The number of aromatic hydroxyl groups is 2. The minimum absolute atomic E-state index is 0.00182. The van der Waals surface area contributed by atoms with Gasteiger partial charge in [0.05, 0.1) is 16.6 Å². The van der Waals surface area contributed by atoms with Gasteiger partial charge in [-0.1, -0.05) is 88.9 Å². The number of benzene rings is 4. The van der Waals surface area contributed by atoms with Crippen LogP contribution in [0, 0.1) is 25.8 Å². The lowest BCUT2D eigenvalue weighted by molar-refractivity contribution is 0.396. The zero-order valence-corrected chi connectivity index (χ0v) is 27.5. The molecule has 5 N–H and O–H groups in total. The molecule has 0 aliphatic rings. The minimum Gasteiger partial charge on any atom is -0.502 e. The second kappa shape index (κ2) is 15.1. The lowest BCUT2D eigenvalue weighted by atomic mass is 10.1. The van der Waals surface area contributed by atoms with Crippen molar-refractivity contribution in [1.82, 2.24) is 19.9 Å². The topological polar surface area (TPSA) is 165 Å². The van der Waals surface area contributed by atoms with E-state index in [2.05, 4.69) is 24.8 Å². The molecular formula is C36H27Cl2N7O4. The van der Waals surface area contributed by atoms with Crippen LogP contribution in [-0.2, 0) is 0 Å². The highest BCUT2D eigenvalue weighted by atomic mass is 35.5. The van der Waals surface area contributed by atoms with Gasteiger partial charge in [0, 0.05) is 16.7 Å². The summed E-state index contributed by atoms with van der Waals surface area (Å²) in [4.78, 5) is 19.5. The third kappa shape index (κ3) is 8.20. The normalized spacial score (nSPS) is 10.3. The molecule has 6 rings (SSSR count). The Labute approximate surface area is 291 Å². The van der Waals surface area contributed by atoms with Crippen LogP contribution in [0.5, 0.6) is 34.8 Å². The van der Waals surface area contributed by atoms with E-state index in [-0.39, 0.29) is 44.9 Å². The molecule has 13 heteroatoms. The first-order valence-electron chi connectivity index (χ1n) is 14.4. The number of hydrogen-bond donors (Lipinski definition) is 4. The van der Waals surface area contributed by atoms with Gasteiger partial charge in [0.15, 0.2) is 5.69 Å². The lowest BCUT2D eigenvalue weighted by Crippen LogP contribution is -2.10. The van der Waals surface area contributed by atoms with Crippen molar-refractivity contribution in [3.8, 4) is 57.3 Å². The Morgan fingerprint density at radius 1 is 0.694 bits per heavy atom. The fraction of sp³-hybridized carbons (Fsp3) is 0.0556. The molecule has 0 saturated heterocycles. The third-order valence-electron chi connectivity index (χ3n) is 6.93. The van der Waals surface area contributed by atoms with E-state index < -0.39 is 0 Å². The molecule has 0 atom stereocenters. The number of nitrogens with one attached hydrogen (secondary N) is 1. The van der Waals surface area contributed by atoms with E-state index in [1.54, 1.807) is 24.3 Å². The number of aryl methyl sites for hydroxylation is 2. The summed E-state index contributed by atoms with van der Waals surface area (Å²) in [7, 11) is 0. The van der Waals surface area contributed by atoms with E-state index in [4.69, 9.17) is 50.4 Å². The number of amidine groups is 1. The van der Waals surface area contributed by atoms with Crippen molar-refractivity contribution in [2.45, 2.75) is 13.8 Å². The van der Waals surface area contributed by atoms with Gasteiger partial charge in [0.2, 0.25) is 11.5 Å². The van der Waals surface area contributed by atoms with Crippen LogP contribution < -0.4 is 15.2 Å². The molecule has 4 aromatic carbocycles. The summed E-state index contributed by atoms with van der Waals surface area (Å²) in [6.07, 6.45) is 2.62. The number of nitrogens with two attached hydrogens (primary N) is 1. The van der Waals surface area contributed by atoms with Gasteiger partial charge >= 0.3 is 0 Å². The SMILES string of the molecule is Cc1ccc(-c2ncnc(Oc3ccc(C(=N)N)cc3Cl)c2O)cc1.[C-]#[N+]c1ccc(Oc2ncnc(-c3ccc(C)cc3)c2O)c(Cl)c1. The molecule has 0 amide bonds. The van der Waals surface area contributed by atoms with Crippen LogP contribution in [0.25, 0.3) is 27.4 Å². The van der Waals surface area contributed by atoms with E-state index in [1.165, 1.54) is 24.8 Å². The lowest BCUT2D eigenvalue weighted by Gasteiger charge is -2.11. The Kier molecular flexibility index (Phi) is 10.5. The Morgan fingerprint density at radius 2 is 1.14 bits per heavy atom. The molecule has 0 radical (unpaired) electrons. The van der Waals surface area contributed by atoms with Crippen molar-refractivity contribution < 1.29 is 19.7 Å². The van der Waals surface area contributed by atoms with Gasteiger partial charge in [-0.15, -0.1) is 0 Å². The van der Waals surface area contributed by atoms with E-state index >= 15 is 0 Å². The monoisotopic (exact) mass is 691 g/mol. The molecule has 0 unspecified atom stereocenters.